The molecule has 0 aliphatic carbocycles. The van der Waals surface area contributed by atoms with Gasteiger partial charge in [-0.05, 0) is 39.7 Å². The summed E-state index contributed by atoms with van der Waals surface area (Å²) in [5.74, 6) is 0. The molecule has 0 unspecified atom stereocenters. The molecule has 1 N–H and O–H groups in total. The van der Waals surface area contributed by atoms with Crippen LogP contribution >= 0.6 is 11.6 Å². The molecule has 25 heavy (non-hydrogen) atoms. The molecule has 0 bridgehead atoms. The van der Waals surface area contributed by atoms with Crippen LogP contribution in [0.2, 0.25) is 5.02 Å². The fourth-order valence-electron chi connectivity index (χ4n) is 3.15. The molecule has 1 aliphatic rings. The lowest BCUT2D eigenvalue weighted by Crippen LogP contribution is -2.46. The van der Waals surface area contributed by atoms with Gasteiger partial charge in [0.05, 0.1) is 16.2 Å². The zero-order valence-corrected chi connectivity index (χ0v) is 15.6. The van der Waals surface area contributed by atoms with Gasteiger partial charge in [-0.2, -0.15) is 0 Å². The van der Waals surface area contributed by atoms with Crippen LogP contribution in [-0.2, 0) is 4.74 Å². The fourth-order valence-corrected chi connectivity index (χ4v) is 3.42. The number of halogens is 1. The lowest BCUT2D eigenvalue weighted by atomic mass is 10.0. The first-order valence-corrected chi connectivity index (χ1v) is 8.99. The van der Waals surface area contributed by atoms with Crippen molar-refractivity contribution in [2.75, 3.05) is 18.0 Å². The molecule has 2 aromatic rings. The number of nitrogens with zero attached hydrogens (tertiary/aromatic N) is 2. The Hall–Kier alpha value is -2.01. The summed E-state index contributed by atoms with van der Waals surface area (Å²) in [5.41, 5.74) is 1.49. The van der Waals surface area contributed by atoms with Crippen molar-refractivity contribution in [2.45, 2.75) is 45.3 Å². The van der Waals surface area contributed by atoms with Crippen LogP contribution in [0.25, 0.3) is 10.9 Å². The van der Waals surface area contributed by atoms with E-state index in [0.29, 0.717) is 5.02 Å². The lowest BCUT2D eigenvalue weighted by Gasteiger charge is -2.35. The second kappa shape index (κ2) is 7.08. The van der Waals surface area contributed by atoms with Gasteiger partial charge >= 0.3 is 6.09 Å². The molecule has 0 saturated carbocycles. The van der Waals surface area contributed by atoms with Gasteiger partial charge in [-0.25, -0.2) is 4.79 Å². The number of benzene rings is 1. The monoisotopic (exact) mass is 361 g/mol. The molecular formula is C19H24ClN3O2. The van der Waals surface area contributed by atoms with Gasteiger partial charge in [0, 0.05) is 30.7 Å². The molecule has 6 heteroatoms. The molecule has 134 valence electrons. The second-order valence-electron chi connectivity index (χ2n) is 7.38. The molecule has 1 fully saturated rings. The molecule has 1 saturated heterocycles. The van der Waals surface area contributed by atoms with E-state index in [0.717, 1.165) is 42.5 Å². The fraction of sp³-hybridized carbons (Fsp3) is 0.474. The van der Waals surface area contributed by atoms with Crippen LogP contribution in [0.5, 0.6) is 0 Å². The number of para-hydroxylation sites is 1. The number of aromatic nitrogens is 1. The van der Waals surface area contributed by atoms with E-state index in [-0.39, 0.29) is 12.1 Å². The van der Waals surface area contributed by atoms with E-state index in [9.17, 15) is 4.79 Å². The number of pyridine rings is 1. The van der Waals surface area contributed by atoms with Gasteiger partial charge < -0.3 is 15.0 Å². The Balaban J connectivity index is 1.67. The normalized spacial score (nSPS) is 16.1. The molecule has 1 aromatic carbocycles. The molecule has 0 atom stereocenters. The highest BCUT2D eigenvalue weighted by Crippen LogP contribution is 2.34. The number of amides is 1. The van der Waals surface area contributed by atoms with E-state index in [2.05, 4.69) is 21.3 Å². The molecule has 0 radical (unpaired) electrons. The summed E-state index contributed by atoms with van der Waals surface area (Å²) in [4.78, 5) is 18.6. The van der Waals surface area contributed by atoms with E-state index >= 15 is 0 Å². The van der Waals surface area contributed by atoms with Crippen molar-refractivity contribution in [3.8, 4) is 0 Å². The number of carbonyl (C=O) groups is 1. The van der Waals surface area contributed by atoms with Gasteiger partial charge in [0.25, 0.3) is 0 Å². The summed E-state index contributed by atoms with van der Waals surface area (Å²) < 4.78 is 5.34. The summed E-state index contributed by atoms with van der Waals surface area (Å²) in [6.45, 7) is 7.26. The summed E-state index contributed by atoms with van der Waals surface area (Å²) >= 11 is 6.44. The summed E-state index contributed by atoms with van der Waals surface area (Å²) in [6.07, 6.45) is 3.07. The number of hydrogen-bond acceptors (Lipinski definition) is 4. The summed E-state index contributed by atoms with van der Waals surface area (Å²) in [6, 6.07) is 8.14. The predicted octanol–water partition coefficient (Wildman–Crippen LogP) is 4.38. The maximum absolute atomic E-state index is 11.9. The average Bonchev–Trinajstić information content (AvgIpc) is 2.54. The Morgan fingerprint density at radius 1 is 1.28 bits per heavy atom. The third-order valence-electron chi connectivity index (χ3n) is 4.23. The van der Waals surface area contributed by atoms with Crippen molar-refractivity contribution >= 4 is 34.3 Å². The molecule has 0 spiro atoms. The maximum atomic E-state index is 11.9. The van der Waals surface area contributed by atoms with Crippen LogP contribution in [0, 0.1) is 0 Å². The third kappa shape index (κ3) is 4.34. The average molecular weight is 362 g/mol. The van der Waals surface area contributed by atoms with Crippen molar-refractivity contribution in [1.82, 2.24) is 10.3 Å². The molecule has 5 nitrogen and oxygen atoms in total. The van der Waals surface area contributed by atoms with E-state index in [4.69, 9.17) is 16.3 Å². The number of piperidine rings is 1. The zero-order chi connectivity index (χ0) is 18.0. The van der Waals surface area contributed by atoms with Gasteiger partial charge in [0.1, 0.15) is 5.60 Å². The number of fused-ring (bicyclic) bond motifs is 1. The molecule has 1 aliphatic heterocycles. The molecule has 1 amide bonds. The van der Waals surface area contributed by atoms with Crippen molar-refractivity contribution in [3.05, 3.63) is 35.5 Å². The van der Waals surface area contributed by atoms with Gasteiger partial charge in [0.2, 0.25) is 0 Å². The SMILES string of the molecule is CC(C)(C)OC(=O)NC1CCN(c2c(Cl)cnc3ccccc23)CC1. The van der Waals surface area contributed by atoms with Crippen LogP contribution in [0.3, 0.4) is 0 Å². The number of hydrogen-bond donors (Lipinski definition) is 1. The highest BCUT2D eigenvalue weighted by atomic mass is 35.5. The molecular weight excluding hydrogens is 338 g/mol. The smallest absolute Gasteiger partial charge is 0.407 e. The Bertz CT molecular complexity index is 765. The van der Waals surface area contributed by atoms with E-state index in [1.807, 2.05) is 39.0 Å². The van der Waals surface area contributed by atoms with E-state index < -0.39 is 5.60 Å². The highest BCUT2D eigenvalue weighted by Gasteiger charge is 2.25. The number of anilines is 1. The minimum Gasteiger partial charge on any atom is -0.444 e. The number of carbonyl (C=O) groups excluding carboxylic acids is 1. The Morgan fingerprint density at radius 3 is 2.64 bits per heavy atom. The van der Waals surface area contributed by atoms with Crippen molar-refractivity contribution < 1.29 is 9.53 Å². The zero-order valence-electron chi connectivity index (χ0n) is 14.9. The molecule has 2 heterocycles. The quantitative estimate of drug-likeness (QED) is 0.862. The van der Waals surface area contributed by atoms with Crippen LogP contribution in [0.1, 0.15) is 33.6 Å². The summed E-state index contributed by atoms with van der Waals surface area (Å²) in [7, 11) is 0. The second-order valence-corrected chi connectivity index (χ2v) is 7.79. The van der Waals surface area contributed by atoms with Gasteiger partial charge in [-0.3, -0.25) is 4.98 Å². The Labute approximate surface area is 153 Å². The maximum Gasteiger partial charge on any atom is 0.407 e. The standard InChI is InChI=1S/C19H24ClN3O2/c1-19(2,3)25-18(24)22-13-8-10-23(11-9-13)17-14-6-4-5-7-16(14)21-12-15(17)20/h4-7,12-13H,8-11H2,1-3H3,(H,22,24). The van der Waals surface area contributed by atoms with Crippen LogP contribution < -0.4 is 10.2 Å². The number of ether oxygens (including phenoxy) is 1. The number of alkyl carbamates (subject to hydrolysis) is 1. The largest absolute Gasteiger partial charge is 0.444 e. The van der Waals surface area contributed by atoms with Crippen molar-refractivity contribution in [2.24, 2.45) is 0 Å². The first-order valence-electron chi connectivity index (χ1n) is 8.61. The minimum atomic E-state index is -0.478. The summed E-state index contributed by atoms with van der Waals surface area (Å²) in [5, 5.41) is 4.69. The highest BCUT2D eigenvalue weighted by molar-refractivity contribution is 6.34. The third-order valence-corrected chi connectivity index (χ3v) is 4.51. The van der Waals surface area contributed by atoms with Gasteiger partial charge in [-0.15, -0.1) is 0 Å². The predicted molar refractivity (Wildman–Crippen MR) is 101 cm³/mol. The number of nitrogens with one attached hydrogen (secondary N) is 1. The molecule has 1 aromatic heterocycles. The minimum absolute atomic E-state index is 0.123. The topological polar surface area (TPSA) is 54.5 Å². The lowest BCUT2D eigenvalue weighted by molar-refractivity contribution is 0.0497. The molecule has 3 rings (SSSR count). The van der Waals surface area contributed by atoms with Crippen LogP contribution in [0.15, 0.2) is 30.5 Å². The Kier molecular flexibility index (Phi) is 5.04. The van der Waals surface area contributed by atoms with Gasteiger partial charge in [0.15, 0.2) is 0 Å². The van der Waals surface area contributed by atoms with E-state index in [1.54, 1.807) is 6.20 Å². The van der Waals surface area contributed by atoms with Crippen molar-refractivity contribution in [1.29, 1.82) is 0 Å². The van der Waals surface area contributed by atoms with Gasteiger partial charge in [-0.1, -0.05) is 29.8 Å². The van der Waals surface area contributed by atoms with Crippen molar-refractivity contribution in [3.63, 3.8) is 0 Å². The van der Waals surface area contributed by atoms with Crippen LogP contribution in [-0.4, -0.2) is 35.8 Å². The van der Waals surface area contributed by atoms with Crippen LogP contribution in [0.4, 0.5) is 10.5 Å². The Morgan fingerprint density at radius 2 is 1.96 bits per heavy atom. The number of rotatable bonds is 2. The first-order chi connectivity index (χ1) is 11.8. The van der Waals surface area contributed by atoms with E-state index in [1.165, 1.54) is 0 Å². The first kappa shape index (κ1) is 17.8.